The van der Waals surface area contributed by atoms with Crippen molar-refractivity contribution < 1.29 is 12.8 Å². The van der Waals surface area contributed by atoms with Crippen LogP contribution in [0.3, 0.4) is 0 Å². The van der Waals surface area contributed by atoms with E-state index in [4.69, 9.17) is 4.43 Å². The first-order chi connectivity index (χ1) is 14.1. The van der Waals surface area contributed by atoms with Crippen LogP contribution in [0.2, 0.25) is 18.1 Å². The van der Waals surface area contributed by atoms with Gasteiger partial charge in [0.25, 0.3) is 0 Å². The zero-order valence-electron chi connectivity index (χ0n) is 20.8. The second-order valence-electron chi connectivity index (χ2n) is 10.8. The fraction of sp³-hybridized carbons (Fsp3) is 0.600. The summed E-state index contributed by atoms with van der Waals surface area (Å²) in [5, 5.41) is 0.233. The summed E-state index contributed by atoms with van der Waals surface area (Å²) in [5.41, 5.74) is 1.92. The number of hydrogen-bond acceptors (Lipinski definition) is 3. The van der Waals surface area contributed by atoms with Crippen molar-refractivity contribution >= 4 is 18.3 Å². The van der Waals surface area contributed by atoms with Gasteiger partial charge in [-0.2, -0.15) is 0 Å². The third-order valence-corrected chi connectivity index (χ3v) is 12.0. The van der Waals surface area contributed by atoms with Crippen LogP contribution >= 0.6 is 0 Å². The molecule has 6 heteroatoms. The first kappa shape index (κ1) is 27.8. The molecule has 31 heavy (non-hydrogen) atoms. The first-order valence-corrected chi connectivity index (χ1v) is 15.5. The maximum atomic E-state index is 12.5. The fourth-order valence-electron chi connectivity index (χ4n) is 2.63. The van der Waals surface area contributed by atoms with Crippen LogP contribution in [0.1, 0.15) is 59.4 Å². The minimum Gasteiger partial charge on any atom is -0.417 e. The van der Waals surface area contributed by atoms with Gasteiger partial charge in [0.15, 0.2) is 8.32 Å². The zero-order chi connectivity index (χ0) is 23.9. The molecular weight excluding hydrogens is 422 g/mol. The van der Waals surface area contributed by atoms with Gasteiger partial charge in [-0.1, -0.05) is 76.6 Å². The molecule has 0 atom stereocenters. The molecule has 1 rings (SSSR count). The Bertz CT molecular complexity index is 848. The summed E-state index contributed by atoms with van der Waals surface area (Å²) >= 11 is 0. The molecule has 0 spiro atoms. The largest absolute Gasteiger partial charge is 0.417 e. The highest BCUT2D eigenvalue weighted by atomic mass is 32.2. The molecule has 0 aliphatic rings. The predicted octanol–water partition coefficient (Wildman–Crippen LogP) is 6.60. The summed E-state index contributed by atoms with van der Waals surface area (Å²) in [6.45, 7) is 22.7. The number of allylic oxidation sites excluding steroid dienone is 3. The minimum absolute atomic E-state index is 0.194. The fourth-order valence-corrected chi connectivity index (χ4v) is 4.96. The van der Waals surface area contributed by atoms with Crippen molar-refractivity contribution in [1.29, 1.82) is 0 Å². The van der Waals surface area contributed by atoms with E-state index in [-0.39, 0.29) is 10.5 Å². The molecule has 1 N–H and O–H groups in total. The Kier molecular flexibility index (Phi) is 9.94. The van der Waals surface area contributed by atoms with Crippen molar-refractivity contribution in [3.8, 4) is 0 Å². The van der Waals surface area contributed by atoms with Crippen molar-refractivity contribution in [2.24, 2.45) is 5.41 Å². The predicted molar refractivity (Wildman–Crippen MR) is 135 cm³/mol. The Morgan fingerprint density at radius 2 is 1.71 bits per heavy atom. The number of sulfonamides is 1. The molecule has 0 heterocycles. The third kappa shape index (κ3) is 9.85. The molecule has 0 unspecified atom stereocenters. The summed E-state index contributed by atoms with van der Waals surface area (Å²) in [6, 6.07) is 6.91. The van der Waals surface area contributed by atoms with Gasteiger partial charge in [-0.05, 0) is 61.9 Å². The molecule has 0 amide bonds. The van der Waals surface area contributed by atoms with Crippen LogP contribution in [0, 0.1) is 12.3 Å². The van der Waals surface area contributed by atoms with Crippen LogP contribution in [0.4, 0.5) is 0 Å². The van der Waals surface area contributed by atoms with Gasteiger partial charge in [0.05, 0.1) is 4.90 Å². The van der Waals surface area contributed by atoms with E-state index in [0.717, 1.165) is 37.0 Å². The molecule has 0 aliphatic heterocycles. The van der Waals surface area contributed by atoms with E-state index in [0.29, 0.717) is 11.4 Å². The van der Waals surface area contributed by atoms with E-state index in [1.807, 2.05) is 19.1 Å². The first-order valence-electron chi connectivity index (χ1n) is 11.1. The molecule has 0 bridgehead atoms. The molecule has 0 saturated carbocycles. The number of aryl methyl sites for hydroxylation is 1. The van der Waals surface area contributed by atoms with E-state index in [9.17, 15) is 8.42 Å². The van der Waals surface area contributed by atoms with Crippen LogP contribution in [-0.2, 0) is 14.4 Å². The molecular formula is C25H43NO3SSi. The summed E-state index contributed by atoms with van der Waals surface area (Å²) in [4.78, 5) is 0.303. The van der Waals surface area contributed by atoms with Gasteiger partial charge in [-0.3, -0.25) is 0 Å². The number of rotatable bonds is 12. The number of hydrogen-bond donors (Lipinski definition) is 1. The van der Waals surface area contributed by atoms with E-state index in [2.05, 4.69) is 71.2 Å². The van der Waals surface area contributed by atoms with Crippen LogP contribution in [0.5, 0.6) is 0 Å². The van der Waals surface area contributed by atoms with Crippen LogP contribution < -0.4 is 4.72 Å². The third-order valence-electron chi connectivity index (χ3n) is 6.01. The smallest absolute Gasteiger partial charge is 0.240 e. The molecule has 0 aliphatic carbocycles. The summed E-state index contributed by atoms with van der Waals surface area (Å²) in [6.07, 6.45) is 6.80. The maximum absolute atomic E-state index is 12.5. The number of nitrogens with one attached hydrogen (secondary N) is 1. The van der Waals surface area contributed by atoms with Gasteiger partial charge in [-0.15, -0.1) is 0 Å². The SMILES string of the molecule is C=C(/C=C/CC(C)(C)CNS(=O)(=O)c1ccc(C)cc1)CCCO[Si](C)(C)C(C)(C)C. The molecule has 1 aromatic carbocycles. The lowest BCUT2D eigenvalue weighted by Gasteiger charge is -2.36. The van der Waals surface area contributed by atoms with E-state index >= 15 is 0 Å². The van der Waals surface area contributed by atoms with Gasteiger partial charge >= 0.3 is 0 Å². The summed E-state index contributed by atoms with van der Waals surface area (Å²) in [5.74, 6) is 0. The van der Waals surface area contributed by atoms with Gasteiger partial charge in [-0.25, -0.2) is 13.1 Å². The lowest BCUT2D eigenvalue weighted by molar-refractivity contribution is 0.283. The quantitative estimate of drug-likeness (QED) is 0.215. The van der Waals surface area contributed by atoms with Crippen molar-refractivity contribution in [3.05, 3.63) is 54.1 Å². The molecule has 4 nitrogen and oxygen atoms in total. The molecule has 0 saturated heterocycles. The Morgan fingerprint density at radius 1 is 1.13 bits per heavy atom. The van der Waals surface area contributed by atoms with Gasteiger partial charge < -0.3 is 4.43 Å². The van der Waals surface area contributed by atoms with Crippen molar-refractivity contribution in [2.45, 2.75) is 83.8 Å². The van der Waals surface area contributed by atoms with Crippen molar-refractivity contribution in [3.63, 3.8) is 0 Å². The van der Waals surface area contributed by atoms with Crippen molar-refractivity contribution in [2.75, 3.05) is 13.2 Å². The maximum Gasteiger partial charge on any atom is 0.240 e. The Balaban J connectivity index is 2.43. The highest BCUT2D eigenvalue weighted by molar-refractivity contribution is 7.89. The average Bonchev–Trinajstić information content (AvgIpc) is 2.63. The topological polar surface area (TPSA) is 55.4 Å². The Hall–Kier alpha value is -1.21. The molecule has 0 fully saturated rings. The number of benzene rings is 1. The van der Waals surface area contributed by atoms with E-state index < -0.39 is 18.3 Å². The molecule has 1 aromatic rings. The molecule has 176 valence electrons. The van der Waals surface area contributed by atoms with E-state index in [1.165, 1.54) is 0 Å². The van der Waals surface area contributed by atoms with Gasteiger partial charge in [0.1, 0.15) is 0 Å². The Labute approximate surface area is 192 Å². The second kappa shape index (κ2) is 11.1. The van der Waals surface area contributed by atoms with Gasteiger partial charge in [0, 0.05) is 13.2 Å². The minimum atomic E-state index is -3.49. The normalized spacial score (nSPS) is 13.7. The second-order valence-corrected chi connectivity index (χ2v) is 17.4. The van der Waals surface area contributed by atoms with E-state index in [1.54, 1.807) is 12.1 Å². The monoisotopic (exact) mass is 465 g/mol. The van der Waals surface area contributed by atoms with Crippen LogP contribution in [-0.4, -0.2) is 29.9 Å². The Morgan fingerprint density at radius 3 is 2.26 bits per heavy atom. The molecule has 0 radical (unpaired) electrons. The van der Waals surface area contributed by atoms with Crippen LogP contribution in [0.15, 0.2) is 53.5 Å². The molecule has 0 aromatic heterocycles. The van der Waals surface area contributed by atoms with Crippen LogP contribution in [0.25, 0.3) is 0 Å². The van der Waals surface area contributed by atoms with Crippen molar-refractivity contribution in [1.82, 2.24) is 4.72 Å². The zero-order valence-corrected chi connectivity index (χ0v) is 22.7. The summed E-state index contributed by atoms with van der Waals surface area (Å²) < 4.78 is 34.0. The lowest BCUT2D eigenvalue weighted by Crippen LogP contribution is -2.40. The standard InChI is InChI=1S/C25H43NO3SSi/c1-21(13-11-19-29-31(8,9)24(3,4)5)12-10-18-25(6,7)20-26-30(27,28)23-16-14-22(2)15-17-23/h10,12,14-17,26H,1,11,13,18-20H2,2-9H3/b12-10+. The highest BCUT2D eigenvalue weighted by Crippen LogP contribution is 2.36. The summed E-state index contributed by atoms with van der Waals surface area (Å²) in [7, 11) is -5.17. The van der Waals surface area contributed by atoms with Gasteiger partial charge in [0.2, 0.25) is 10.0 Å². The lowest BCUT2D eigenvalue weighted by atomic mass is 9.89. The highest BCUT2D eigenvalue weighted by Gasteiger charge is 2.36. The average molecular weight is 466 g/mol.